The summed E-state index contributed by atoms with van der Waals surface area (Å²) < 4.78 is 4.97. The zero-order chi connectivity index (χ0) is 18.4. The first-order valence-corrected chi connectivity index (χ1v) is 7.69. The molecule has 0 aromatic heterocycles. The van der Waals surface area contributed by atoms with Gasteiger partial charge in [0.1, 0.15) is 0 Å². The number of rotatable bonds is 12. The van der Waals surface area contributed by atoms with Gasteiger partial charge in [0.15, 0.2) is 0 Å². The molecule has 10 heteroatoms. The average Bonchev–Trinajstić information content (AvgIpc) is 2.58. The molecule has 0 rings (SSSR count). The van der Waals surface area contributed by atoms with E-state index in [4.69, 9.17) is 4.74 Å². The standard InChI is InChI=1S/C14H27N5O5/c1-4-15-6-11(20)17-8-13(22)19-9-14(23)18-7-12(21)16-5-10(2)24-3/h10,15H,4-9H2,1-3H3,(H,16,21)(H,17,20)(H,18,23)(H,19,22)/t10-/m0/s1. The zero-order valence-corrected chi connectivity index (χ0v) is 14.4. The maximum atomic E-state index is 11.5. The highest BCUT2D eigenvalue weighted by Crippen LogP contribution is 1.83. The van der Waals surface area contributed by atoms with Crippen LogP contribution in [0.4, 0.5) is 0 Å². The summed E-state index contributed by atoms with van der Waals surface area (Å²) in [5, 5.41) is 12.5. The molecule has 0 unspecified atom stereocenters. The molecule has 138 valence electrons. The van der Waals surface area contributed by atoms with Crippen molar-refractivity contribution >= 4 is 23.6 Å². The van der Waals surface area contributed by atoms with Crippen LogP contribution in [0.5, 0.6) is 0 Å². The lowest BCUT2D eigenvalue weighted by Gasteiger charge is -2.11. The minimum Gasteiger partial charge on any atom is -0.380 e. The van der Waals surface area contributed by atoms with Crippen molar-refractivity contribution in [2.24, 2.45) is 0 Å². The van der Waals surface area contributed by atoms with Gasteiger partial charge in [-0.15, -0.1) is 0 Å². The van der Waals surface area contributed by atoms with Crippen LogP contribution in [0.15, 0.2) is 0 Å². The first-order valence-electron chi connectivity index (χ1n) is 7.69. The smallest absolute Gasteiger partial charge is 0.239 e. The average molecular weight is 345 g/mol. The lowest BCUT2D eigenvalue weighted by atomic mass is 10.4. The van der Waals surface area contributed by atoms with Gasteiger partial charge in [-0.05, 0) is 13.5 Å². The lowest BCUT2D eigenvalue weighted by molar-refractivity contribution is -0.128. The van der Waals surface area contributed by atoms with Crippen LogP contribution in [-0.4, -0.2) is 76.1 Å². The van der Waals surface area contributed by atoms with Gasteiger partial charge in [0.25, 0.3) is 0 Å². The number of methoxy groups -OCH3 is 1. The molecule has 4 amide bonds. The maximum absolute atomic E-state index is 11.5. The van der Waals surface area contributed by atoms with E-state index >= 15 is 0 Å². The fourth-order valence-electron chi connectivity index (χ4n) is 1.37. The fourth-order valence-corrected chi connectivity index (χ4v) is 1.37. The molecular weight excluding hydrogens is 318 g/mol. The molecule has 24 heavy (non-hydrogen) atoms. The third-order valence-corrected chi connectivity index (χ3v) is 2.86. The summed E-state index contributed by atoms with van der Waals surface area (Å²) in [5.41, 5.74) is 0. The topological polar surface area (TPSA) is 138 Å². The molecule has 10 nitrogen and oxygen atoms in total. The Morgan fingerprint density at radius 3 is 1.62 bits per heavy atom. The summed E-state index contributed by atoms with van der Waals surface area (Å²) in [6.45, 7) is 4.09. The second kappa shape index (κ2) is 13.3. The van der Waals surface area contributed by atoms with Gasteiger partial charge in [0.05, 0.1) is 32.3 Å². The van der Waals surface area contributed by atoms with Crippen LogP contribution in [0.3, 0.4) is 0 Å². The molecule has 0 saturated carbocycles. The van der Waals surface area contributed by atoms with Crippen LogP contribution in [0, 0.1) is 0 Å². The Bertz CT molecular complexity index is 430. The van der Waals surface area contributed by atoms with Crippen LogP contribution in [-0.2, 0) is 23.9 Å². The number of hydrogen-bond donors (Lipinski definition) is 5. The molecule has 0 aliphatic carbocycles. The Hall–Kier alpha value is -2.20. The van der Waals surface area contributed by atoms with E-state index in [0.29, 0.717) is 13.1 Å². The van der Waals surface area contributed by atoms with E-state index in [1.807, 2.05) is 6.92 Å². The summed E-state index contributed by atoms with van der Waals surface area (Å²) in [5.74, 6) is -1.65. The van der Waals surface area contributed by atoms with Gasteiger partial charge >= 0.3 is 0 Å². The minimum atomic E-state index is -0.503. The predicted octanol–water partition coefficient (Wildman–Crippen LogP) is -2.90. The number of likely N-dealkylation sites (N-methyl/N-ethyl adjacent to an activating group) is 1. The van der Waals surface area contributed by atoms with Crippen molar-refractivity contribution in [1.82, 2.24) is 26.6 Å². The van der Waals surface area contributed by atoms with Crippen LogP contribution in [0.1, 0.15) is 13.8 Å². The number of nitrogens with one attached hydrogen (secondary N) is 5. The van der Waals surface area contributed by atoms with Crippen LogP contribution in [0.2, 0.25) is 0 Å². The van der Waals surface area contributed by atoms with E-state index in [2.05, 4.69) is 26.6 Å². The molecule has 0 saturated heterocycles. The quantitative estimate of drug-likeness (QED) is 0.257. The van der Waals surface area contributed by atoms with E-state index in [1.165, 1.54) is 7.11 Å². The third kappa shape index (κ3) is 12.4. The van der Waals surface area contributed by atoms with Crippen LogP contribution >= 0.6 is 0 Å². The summed E-state index contributed by atoms with van der Waals surface area (Å²) >= 11 is 0. The number of amides is 4. The van der Waals surface area contributed by atoms with Gasteiger partial charge in [-0.1, -0.05) is 6.92 Å². The zero-order valence-electron chi connectivity index (χ0n) is 14.4. The Morgan fingerprint density at radius 1 is 0.792 bits per heavy atom. The molecule has 0 aromatic carbocycles. The molecule has 1 atom stereocenters. The van der Waals surface area contributed by atoms with Gasteiger partial charge < -0.3 is 31.3 Å². The highest BCUT2D eigenvalue weighted by Gasteiger charge is 2.09. The van der Waals surface area contributed by atoms with E-state index in [9.17, 15) is 19.2 Å². The summed E-state index contributed by atoms with van der Waals surface area (Å²) in [6.07, 6.45) is -0.119. The molecule has 0 aliphatic rings. The normalized spacial score (nSPS) is 11.3. The molecule has 5 N–H and O–H groups in total. The van der Waals surface area contributed by atoms with Gasteiger partial charge in [0, 0.05) is 13.7 Å². The lowest BCUT2D eigenvalue weighted by Crippen LogP contribution is -2.45. The van der Waals surface area contributed by atoms with Crippen LogP contribution < -0.4 is 26.6 Å². The Labute approximate surface area is 141 Å². The van der Waals surface area contributed by atoms with Crippen LogP contribution in [0.25, 0.3) is 0 Å². The number of hydrogen-bond acceptors (Lipinski definition) is 6. The monoisotopic (exact) mass is 345 g/mol. The van der Waals surface area contributed by atoms with Crippen molar-refractivity contribution in [1.29, 1.82) is 0 Å². The summed E-state index contributed by atoms with van der Waals surface area (Å²) in [4.78, 5) is 45.7. The van der Waals surface area contributed by atoms with Crippen molar-refractivity contribution in [3.63, 3.8) is 0 Å². The molecule has 0 heterocycles. The first kappa shape index (κ1) is 21.8. The van der Waals surface area contributed by atoms with Crippen molar-refractivity contribution in [2.75, 3.05) is 46.4 Å². The Kier molecular flexibility index (Phi) is 12.0. The number of carbonyl (C=O) groups is 4. The van der Waals surface area contributed by atoms with Crippen molar-refractivity contribution < 1.29 is 23.9 Å². The van der Waals surface area contributed by atoms with Gasteiger partial charge in [-0.25, -0.2) is 0 Å². The van der Waals surface area contributed by atoms with Crippen molar-refractivity contribution in [3.8, 4) is 0 Å². The summed E-state index contributed by atoms with van der Waals surface area (Å²) in [7, 11) is 1.53. The number of ether oxygens (including phenoxy) is 1. The maximum Gasteiger partial charge on any atom is 0.239 e. The Morgan fingerprint density at radius 2 is 1.21 bits per heavy atom. The largest absolute Gasteiger partial charge is 0.380 e. The van der Waals surface area contributed by atoms with E-state index in [-0.39, 0.29) is 44.1 Å². The molecule has 0 spiro atoms. The second-order valence-electron chi connectivity index (χ2n) is 4.96. The van der Waals surface area contributed by atoms with Crippen molar-refractivity contribution in [2.45, 2.75) is 20.0 Å². The minimum absolute atomic E-state index is 0.119. The molecule has 0 radical (unpaired) electrons. The SMILES string of the molecule is CCNCC(=O)NCC(=O)NCC(=O)NCC(=O)NC[C@H](C)OC. The molecule has 0 aliphatic heterocycles. The predicted molar refractivity (Wildman–Crippen MR) is 87.1 cm³/mol. The second-order valence-corrected chi connectivity index (χ2v) is 4.96. The first-order chi connectivity index (χ1) is 11.4. The Balaban J connectivity index is 3.75. The molecular formula is C14H27N5O5. The van der Waals surface area contributed by atoms with Gasteiger partial charge in [0.2, 0.25) is 23.6 Å². The van der Waals surface area contributed by atoms with E-state index < -0.39 is 11.8 Å². The van der Waals surface area contributed by atoms with Crippen molar-refractivity contribution in [3.05, 3.63) is 0 Å². The van der Waals surface area contributed by atoms with E-state index in [0.717, 1.165) is 0 Å². The van der Waals surface area contributed by atoms with E-state index in [1.54, 1.807) is 6.92 Å². The highest BCUT2D eigenvalue weighted by atomic mass is 16.5. The summed E-state index contributed by atoms with van der Waals surface area (Å²) in [6, 6.07) is 0. The fraction of sp³-hybridized carbons (Fsp3) is 0.714. The molecule has 0 bridgehead atoms. The number of carbonyl (C=O) groups excluding carboxylic acids is 4. The van der Waals surface area contributed by atoms with Gasteiger partial charge in [-0.2, -0.15) is 0 Å². The van der Waals surface area contributed by atoms with Gasteiger partial charge in [-0.3, -0.25) is 19.2 Å². The molecule has 0 fully saturated rings. The molecule has 0 aromatic rings. The highest BCUT2D eigenvalue weighted by molar-refractivity contribution is 5.90. The third-order valence-electron chi connectivity index (χ3n) is 2.86.